The van der Waals surface area contributed by atoms with Crippen LogP contribution < -0.4 is 10.6 Å². The number of guanidine groups is 1. The minimum Gasteiger partial charge on any atom is -0.373 e. The normalized spacial score (nSPS) is 28.9. The van der Waals surface area contributed by atoms with Crippen molar-refractivity contribution in [1.29, 1.82) is 0 Å². The number of hydrogen-bond donors (Lipinski definition) is 2. The Balaban J connectivity index is 1.78. The van der Waals surface area contributed by atoms with Crippen molar-refractivity contribution in [2.24, 2.45) is 10.4 Å². The summed E-state index contributed by atoms with van der Waals surface area (Å²) in [5.41, 5.74) is -0.105. The van der Waals surface area contributed by atoms with Gasteiger partial charge in [-0.3, -0.25) is 4.99 Å². The molecule has 2 fully saturated rings. The van der Waals surface area contributed by atoms with E-state index < -0.39 is 9.84 Å². The van der Waals surface area contributed by atoms with Gasteiger partial charge < -0.3 is 15.4 Å². The molecule has 2 aliphatic rings. The first-order valence-electron chi connectivity index (χ1n) is 7.99. The molecule has 128 valence electrons. The fourth-order valence-corrected chi connectivity index (χ4v) is 3.96. The van der Waals surface area contributed by atoms with Crippen molar-refractivity contribution in [3.63, 3.8) is 0 Å². The van der Waals surface area contributed by atoms with Gasteiger partial charge in [-0.2, -0.15) is 0 Å². The summed E-state index contributed by atoms with van der Waals surface area (Å²) in [6.07, 6.45) is 5.97. The molecule has 22 heavy (non-hydrogen) atoms. The number of nitrogens with zero attached hydrogens (tertiary/aromatic N) is 1. The molecular weight excluding hydrogens is 302 g/mol. The Morgan fingerprint density at radius 1 is 1.36 bits per heavy atom. The van der Waals surface area contributed by atoms with E-state index in [2.05, 4.69) is 29.5 Å². The topological polar surface area (TPSA) is 79.8 Å². The molecule has 0 aliphatic carbocycles. The Kier molecular flexibility index (Phi) is 5.37. The van der Waals surface area contributed by atoms with Crippen LogP contribution in [0.2, 0.25) is 0 Å². The molecule has 3 atom stereocenters. The van der Waals surface area contributed by atoms with E-state index in [1.165, 1.54) is 12.7 Å². The number of hydrogen-bond acceptors (Lipinski definition) is 4. The van der Waals surface area contributed by atoms with Gasteiger partial charge in [-0.05, 0) is 31.1 Å². The lowest BCUT2D eigenvalue weighted by atomic mass is 9.90. The first kappa shape index (κ1) is 17.5. The largest absolute Gasteiger partial charge is 0.373 e. The maximum absolute atomic E-state index is 11.3. The van der Waals surface area contributed by atoms with Crippen LogP contribution in [0.3, 0.4) is 0 Å². The van der Waals surface area contributed by atoms with Crippen molar-refractivity contribution in [2.45, 2.75) is 57.8 Å². The molecule has 2 bridgehead atoms. The Bertz CT molecular complexity index is 516. The van der Waals surface area contributed by atoms with E-state index in [-0.39, 0.29) is 11.2 Å². The van der Waals surface area contributed by atoms with Crippen molar-refractivity contribution in [3.8, 4) is 0 Å². The zero-order valence-electron chi connectivity index (χ0n) is 14.1. The molecule has 0 saturated carbocycles. The first-order chi connectivity index (χ1) is 10.2. The van der Waals surface area contributed by atoms with Crippen LogP contribution >= 0.6 is 0 Å². The first-order valence-corrected chi connectivity index (χ1v) is 10.0. The summed E-state index contributed by atoms with van der Waals surface area (Å²) in [6.45, 7) is 4.82. The van der Waals surface area contributed by atoms with Gasteiger partial charge in [0, 0.05) is 19.8 Å². The minimum atomic E-state index is -2.92. The highest BCUT2D eigenvalue weighted by Gasteiger charge is 2.41. The lowest BCUT2D eigenvalue weighted by Gasteiger charge is -2.28. The van der Waals surface area contributed by atoms with Crippen LogP contribution in [0.5, 0.6) is 0 Å². The third-order valence-corrected chi connectivity index (χ3v) is 5.48. The second kappa shape index (κ2) is 6.74. The van der Waals surface area contributed by atoms with E-state index in [1.807, 2.05) is 0 Å². The molecule has 0 aromatic rings. The number of sulfone groups is 1. The molecule has 0 spiro atoms. The molecule has 0 aromatic carbocycles. The number of aliphatic imine (C=N–C) groups is 1. The van der Waals surface area contributed by atoms with Crippen molar-refractivity contribution in [2.75, 3.05) is 25.6 Å². The van der Waals surface area contributed by atoms with Crippen molar-refractivity contribution in [3.05, 3.63) is 0 Å². The van der Waals surface area contributed by atoms with Crippen LogP contribution in [0.25, 0.3) is 0 Å². The van der Waals surface area contributed by atoms with Crippen LogP contribution in [0.4, 0.5) is 0 Å². The van der Waals surface area contributed by atoms with E-state index in [0.717, 1.165) is 18.8 Å². The summed E-state index contributed by atoms with van der Waals surface area (Å²) in [5, 5.41) is 6.76. The fraction of sp³-hybridized carbons (Fsp3) is 0.933. The van der Waals surface area contributed by atoms with Gasteiger partial charge in [0.1, 0.15) is 9.84 Å². The lowest BCUT2D eigenvalue weighted by molar-refractivity contribution is 0.0992. The number of nitrogens with one attached hydrogen (secondary N) is 2. The predicted octanol–water partition coefficient (Wildman–Crippen LogP) is 0.932. The van der Waals surface area contributed by atoms with Crippen molar-refractivity contribution < 1.29 is 13.2 Å². The van der Waals surface area contributed by atoms with E-state index in [9.17, 15) is 8.42 Å². The third kappa shape index (κ3) is 5.12. The molecule has 2 rings (SSSR count). The van der Waals surface area contributed by atoms with E-state index in [0.29, 0.717) is 31.2 Å². The molecule has 7 heteroatoms. The lowest BCUT2D eigenvalue weighted by Crippen LogP contribution is -2.49. The molecule has 0 aromatic heterocycles. The van der Waals surface area contributed by atoms with Gasteiger partial charge in [-0.25, -0.2) is 8.42 Å². The molecule has 3 unspecified atom stereocenters. The zero-order valence-corrected chi connectivity index (χ0v) is 14.9. The average Bonchev–Trinajstić information content (AvgIpc) is 3.03. The molecule has 2 aliphatic heterocycles. The number of ether oxygens (including phenoxy) is 1. The van der Waals surface area contributed by atoms with E-state index in [4.69, 9.17) is 4.74 Å². The number of rotatable bonds is 6. The quantitative estimate of drug-likeness (QED) is 0.559. The van der Waals surface area contributed by atoms with Gasteiger partial charge in [-0.1, -0.05) is 13.8 Å². The summed E-state index contributed by atoms with van der Waals surface area (Å²) < 4.78 is 28.5. The summed E-state index contributed by atoms with van der Waals surface area (Å²) in [6, 6.07) is 0.337. The number of fused-ring (bicyclic) bond motifs is 2. The zero-order chi connectivity index (χ0) is 16.4. The summed E-state index contributed by atoms with van der Waals surface area (Å²) >= 11 is 0. The monoisotopic (exact) mass is 331 g/mol. The van der Waals surface area contributed by atoms with Gasteiger partial charge in [0.25, 0.3) is 0 Å². The van der Waals surface area contributed by atoms with Crippen LogP contribution in [0, 0.1) is 5.41 Å². The van der Waals surface area contributed by atoms with Crippen LogP contribution in [0.1, 0.15) is 39.5 Å². The van der Waals surface area contributed by atoms with Gasteiger partial charge in [-0.15, -0.1) is 0 Å². The van der Waals surface area contributed by atoms with Gasteiger partial charge in [0.15, 0.2) is 5.96 Å². The fourth-order valence-electron chi connectivity index (χ4n) is 3.03. The highest BCUT2D eigenvalue weighted by atomic mass is 32.2. The second-order valence-corrected chi connectivity index (χ2v) is 9.59. The highest BCUT2D eigenvalue weighted by molar-refractivity contribution is 7.90. The smallest absolute Gasteiger partial charge is 0.191 e. The maximum Gasteiger partial charge on any atom is 0.191 e. The molecule has 2 saturated heterocycles. The van der Waals surface area contributed by atoms with Gasteiger partial charge in [0.05, 0.1) is 24.0 Å². The summed E-state index contributed by atoms with van der Waals surface area (Å²) in [5.74, 6) is 0.988. The summed E-state index contributed by atoms with van der Waals surface area (Å²) in [7, 11) is -1.16. The Labute approximate surface area is 134 Å². The maximum atomic E-state index is 11.3. The molecule has 6 nitrogen and oxygen atoms in total. The molecule has 2 N–H and O–H groups in total. The van der Waals surface area contributed by atoms with E-state index in [1.54, 1.807) is 7.05 Å². The van der Waals surface area contributed by atoms with Gasteiger partial charge in [0.2, 0.25) is 0 Å². The standard InChI is InChI=1S/C15H29N3O3S/c1-15(2,7-8-22(4,19)20)10-17-14(16-3)18-12-9-11-5-6-13(12)21-11/h11-13H,5-10H2,1-4H3,(H2,16,17,18). The average molecular weight is 331 g/mol. The summed E-state index contributed by atoms with van der Waals surface area (Å²) in [4.78, 5) is 4.27. The van der Waals surface area contributed by atoms with Crippen LogP contribution in [-0.4, -0.2) is 58.2 Å². The molecule has 0 radical (unpaired) electrons. The third-order valence-electron chi connectivity index (χ3n) is 4.54. The van der Waals surface area contributed by atoms with Crippen LogP contribution in [-0.2, 0) is 14.6 Å². The molecule has 0 amide bonds. The predicted molar refractivity (Wildman–Crippen MR) is 88.9 cm³/mol. The Morgan fingerprint density at radius 3 is 2.59 bits per heavy atom. The van der Waals surface area contributed by atoms with Crippen molar-refractivity contribution in [1.82, 2.24) is 10.6 Å². The van der Waals surface area contributed by atoms with Gasteiger partial charge >= 0.3 is 0 Å². The SMILES string of the molecule is CN=C(NCC(C)(C)CCS(C)(=O)=O)NC1CC2CCC1O2. The highest BCUT2D eigenvalue weighted by Crippen LogP contribution is 2.34. The van der Waals surface area contributed by atoms with E-state index >= 15 is 0 Å². The van der Waals surface area contributed by atoms with Crippen molar-refractivity contribution >= 4 is 15.8 Å². The Morgan fingerprint density at radius 2 is 2.09 bits per heavy atom. The Hall–Kier alpha value is -0.820. The molecule has 2 heterocycles. The van der Waals surface area contributed by atoms with Crippen LogP contribution in [0.15, 0.2) is 4.99 Å². The minimum absolute atomic E-state index is 0.105. The molecular formula is C15H29N3O3S. The second-order valence-electron chi connectivity index (χ2n) is 7.33.